The van der Waals surface area contributed by atoms with Crippen molar-refractivity contribution in [2.75, 3.05) is 24.1 Å². The van der Waals surface area contributed by atoms with Crippen molar-refractivity contribution in [3.05, 3.63) is 23.8 Å². The van der Waals surface area contributed by atoms with E-state index in [4.69, 9.17) is 5.73 Å². The molecule has 1 aromatic carbocycles. The van der Waals surface area contributed by atoms with Gasteiger partial charge in [-0.1, -0.05) is 6.42 Å². The molecule has 1 atom stereocenters. The van der Waals surface area contributed by atoms with Gasteiger partial charge in [0.2, 0.25) is 5.91 Å². The first-order valence-electron chi connectivity index (χ1n) is 7.28. The summed E-state index contributed by atoms with van der Waals surface area (Å²) in [6.07, 6.45) is -1.32. The van der Waals surface area contributed by atoms with Gasteiger partial charge < -0.3 is 11.1 Å². The van der Waals surface area contributed by atoms with Crippen molar-refractivity contribution in [3.63, 3.8) is 0 Å². The van der Waals surface area contributed by atoms with Crippen LogP contribution in [0.4, 0.5) is 24.5 Å². The van der Waals surface area contributed by atoms with Crippen LogP contribution in [0.15, 0.2) is 18.2 Å². The minimum atomic E-state index is -4.54. The van der Waals surface area contributed by atoms with Crippen molar-refractivity contribution in [2.45, 2.75) is 38.4 Å². The summed E-state index contributed by atoms with van der Waals surface area (Å²) in [4.78, 5) is 14.0. The normalized spacial score (nSPS) is 19.9. The van der Waals surface area contributed by atoms with Crippen molar-refractivity contribution >= 4 is 17.3 Å². The number of hydrogen-bond donors (Lipinski definition) is 2. The van der Waals surface area contributed by atoms with Gasteiger partial charge in [-0.3, -0.25) is 9.69 Å². The third kappa shape index (κ3) is 4.13. The van der Waals surface area contributed by atoms with Crippen LogP contribution in [-0.4, -0.2) is 29.9 Å². The molecular formula is C15H20F3N3O. The van der Waals surface area contributed by atoms with E-state index >= 15 is 0 Å². The summed E-state index contributed by atoms with van der Waals surface area (Å²) < 4.78 is 38.4. The van der Waals surface area contributed by atoms with Crippen molar-refractivity contribution in [1.82, 2.24) is 4.90 Å². The summed E-state index contributed by atoms with van der Waals surface area (Å²) in [7, 11) is 0. The van der Waals surface area contributed by atoms with Crippen molar-refractivity contribution in [1.29, 1.82) is 0 Å². The smallest absolute Gasteiger partial charge is 0.398 e. The van der Waals surface area contributed by atoms with Gasteiger partial charge >= 0.3 is 6.18 Å². The number of carbonyl (C=O) groups is 1. The van der Waals surface area contributed by atoms with Gasteiger partial charge in [-0.25, -0.2) is 0 Å². The summed E-state index contributed by atoms with van der Waals surface area (Å²) in [5.74, 6) is -0.313. The van der Waals surface area contributed by atoms with Crippen LogP contribution in [0, 0.1) is 0 Å². The second-order valence-electron chi connectivity index (χ2n) is 5.66. The van der Waals surface area contributed by atoms with E-state index in [1.807, 2.05) is 4.90 Å². The predicted molar refractivity (Wildman–Crippen MR) is 79.4 cm³/mol. The Kier molecular flexibility index (Phi) is 4.95. The molecule has 7 heteroatoms. The number of nitrogen functional groups attached to an aromatic ring is 1. The average molecular weight is 315 g/mol. The average Bonchev–Trinajstić information content (AvgIpc) is 2.42. The van der Waals surface area contributed by atoms with Gasteiger partial charge in [-0.15, -0.1) is 0 Å². The largest absolute Gasteiger partial charge is 0.418 e. The maximum atomic E-state index is 12.8. The molecule has 1 aromatic rings. The summed E-state index contributed by atoms with van der Waals surface area (Å²) in [6.45, 7) is 3.08. The van der Waals surface area contributed by atoms with E-state index in [0.29, 0.717) is 6.04 Å². The molecule has 1 heterocycles. The molecule has 3 N–H and O–H groups in total. The van der Waals surface area contributed by atoms with Crippen LogP contribution in [0.25, 0.3) is 0 Å². The highest BCUT2D eigenvalue weighted by Crippen LogP contribution is 2.35. The molecular weight excluding hydrogens is 295 g/mol. The van der Waals surface area contributed by atoms with Crippen LogP contribution in [-0.2, 0) is 11.0 Å². The molecule has 0 bridgehead atoms. The van der Waals surface area contributed by atoms with Gasteiger partial charge in [0.05, 0.1) is 12.1 Å². The summed E-state index contributed by atoms with van der Waals surface area (Å²) in [6, 6.07) is 3.72. The number of likely N-dealkylation sites (tertiary alicyclic amines) is 1. The zero-order chi connectivity index (χ0) is 16.3. The number of rotatable bonds is 3. The van der Waals surface area contributed by atoms with Crippen molar-refractivity contribution in [2.24, 2.45) is 0 Å². The first-order chi connectivity index (χ1) is 10.3. The van der Waals surface area contributed by atoms with Crippen molar-refractivity contribution < 1.29 is 18.0 Å². The fourth-order valence-corrected chi connectivity index (χ4v) is 2.66. The third-order valence-electron chi connectivity index (χ3n) is 3.93. The predicted octanol–water partition coefficient (Wildman–Crippen LogP) is 3.10. The number of benzene rings is 1. The Morgan fingerprint density at radius 3 is 2.77 bits per heavy atom. The Labute approximate surface area is 127 Å². The number of amides is 1. The second kappa shape index (κ2) is 6.56. The molecule has 122 valence electrons. The topological polar surface area (TPSA) is 58.4 Å². The number of piperidine rings is 1. The van der Waals surface area contributed by atoms with Gasteiger partial charge in [0.15, 0.2) is 0 Å². The highest BCUT2D eigenvalue weighted by molar-refractivity contribution is 5.92. The van der Waals surface area contributed by atoms with E-state index < -0.39 is 11.7 Å². The standard InChI is InChI=1S/C15H20F3N3O/c1-10-4-2-3-7-21(10)9-14(22)20-11-5-6-13(19)12(8-11)15(16,17)18/h5-6,8,10H,2-4,7,9,19H2,1H3,(H,20,22). The molecule has 4 nitrogen and oxygen atoms in total. The van der Waals surface area contributed by atoms with Crippen LogP contribution in [0.2, 0.25) is 0 Å². The summed E-state index contributed by atoms with van der Waals surface area (Å²) in [5, 5.41) is 2.51. The molecule has 1 amide bonds. The van der Waals surface area contributed by atoms with Crippen LogP contribution in [0.1, 0.15) is 31.7 Å². The SMILES string of the molecule is CC1CCCCN1CC(=O)Nc1ccc(N)c(C(F)(F)F)c1. The monoisotopic (exact) mass is 315 g/mol. The van der Waals surface area contributed by atoms with E-state index in [9.17, 15) is 18.0 Å². The van der Waals surface area contributed by atoms with E-state index in [-0.39, 0.29) is 23.8 Å². The minimum Gasteiger partial charge on any atom is -0.398 e. The van der Waals surface area contributed by atoms with Gasteiger partial charge in [-0.2, -0.15) is 13.2 Å². The van der Waals surface area contributed by atoms with Gasteiger partial charge in [0, 0.05) is 17.4 Å². The summed E-state index contributed by atoms with van der Waals surface area (Å²) in [5.41, 5.74) is 4.16. The molecule has 2 rings (SSSR count). The third-order valence-corrected chi connectivity index (χ3v) is 3.93. The van der Waals surface area contributed by atoms with E-state index in [0.717, 1.165) is 37.9 Å². The lowest BCUT2D eigenvalue weighted by atomic mass is 10.0. The lowest BCUT2D eigenvalue weighted by Crippen LogP contribution is -2.42. The number of hydrogen-bond acceptors (Lipinski definition) is 3. The van der Waals surface area contributed by atoms with Gasteiger partial charge in [-0.05, 0) is 44.5 Å². The molecule has 1 saturated heterocycles. The van der Waals surface area contributed by atoms with Crippen LogP contribution < -0.4 is 11.1 Å². The highest BCUT2D eigenvalue weighted by atomic mass is 19.4. The number of anilines is 2. The highest BCUT2D eigenvalue weighted by Gasteiger charge is 2.33. The molecule has 0 spiro atoms. The Morgan fingerprint density at radius 1 is 1.41 bits per heavy atom. The molecule has 1 aliphatic heterocycles. The Hall–Kier alpha value is -1.76. The fourth-order valence-electron chi connectivity index (χ4n) is 2.66. The minimum absolute atomic E-state index is 0.108. The number of nitrogens with one attached hydrogen (secondary N) is 1. The molecule has 0 radical (unpaired) electrons. The Morgan fingerprint density at radius 2 is 2.14 bits per heavy atom. The number of nitrogens with zero attached hydrogens (tertiary/aromatic N) is 1. The second-order valence-corrected chi connectivity index (χ2v) is 5.66. The first kappa shape index (κ1) is 16.6. The van der Waals surface area contributed by atoms with E-state index in [2.05, 4.69) is 12.2 Å². The zero-order valence-electron chi connectivity index (χ0n) is 12.4. The van der Waals surface area contributed by atoms with Crippen molar-refractivity contribution in [3.8, 4) is 0 Å². The lowest BCUT2D eigenvalue weighted by molar-refractivity contribution is -0.137. The number of halogens is 3. The van der Waals surface area contributed by atoms with Crippen LogP contribution in [0.5, 0.6) is 0 Å². The molecule has 0 aromatic heterocycles. The van der Waals surface area contributed by atoms with Gasteiger partial charge in [0.25, 0.3) is 0 Å². The number of carbonyl (C=O) groups excluding carboxylic acids is 1. The molecule has 1 aliphatic rings. The van der Waals surface area contributed by atoms with Gasteiger partial charge in [0.1, 0.15) is 0 Å². The number of nitrogens with two attached hydrogens (primary N) is 1. The van der Waals surface area contributed by atoms with Crippen LogP contribution >= 0.6 is 0 Å². The fraction of sp³-hybridized carbons (Fsp3) is 0.533. The van der Waals surface area contributed by atoms with E-state index in [1.165, 1.54) is 6.07 Å². The van der Waals surface area contributed by atoms with Crippen LogP contribution in [0.3, 0.4) is 0 Å². The summed E-state index contributed by atoms with van der Waals surface area (Å²) >= 11 is 0. The zero-order valence-corrected chi connectivity index (χ0v) is 12.4. The molecule has 1 fully saturated rings. The van der Waals surface area contributed by atoms with E-state index in [1.54, 1.807) is 0 Å². The Balaban J connectivity index is 2.02. The molecule has 22 heavy (non-hydrogen) atoms. The maximum Gasteiger partial charge on any atom is 0.418 e. The maximum absolute atomic E-state index is 12.8. The molecule has 1 unspecified atom stereocenters. The Bertz CT molecular complexity index is 545. The molecule has 0 aliphatic carbocycles. The first-order valence-corrected chi connectivity index (χ1v) is 7.28. The lowest BCUT2D eigenvalue weighted by Gasteiger charge is -2.32. The quantitative estimate of drug-likeness (QED) is 0.843. The number of alkyl halides is 3. The molecule has 0 saturated carbocycles.